The Labute approximate surface area is 234 Å². The Balaban J connectivity index is 1.31. The average molecular weight is 543 g/mol. The highest BCUT2D eigenvalue weighted by atomic mass is 16.4. The van der Waals surface area contributed by atoms with E-state index in [1.54, 1.807) is 34.9 Å². The molecule has 40 heavy (non-hydrogen) atoms. The van der Waals surface area contributed by atoms with E-state index in [1.165, 1.54) is 44.9 Å². The maximum Gasteiger partial charge on any atom is 0.330 e. The quantitative estimate of drug-likeness (QED) is 0.442. The van der Waals surface area contributed by atoms with Crippen LogP contribution in [0.5, 0.6) is 0 Å². The molecule has 3 heterocycles. The largest absolute Gasteiger partial charge is 0.479 e. The molecule has 0 radical (unpaired) electrons. The summed E-state index contributed by atoms with van der Waals surface area (Å²) in [5.41, 5.74) is 1.02. The van der Waals surface area contributed by atoms with Crippen LogP contribution in [0.4, 0.5) is 0 Å². The van der Waals surface area contributed by atoms with E-state index in [1.807, 2.05) is 24.3 Å². The molecular weight excluding hydrogens is 504 g/mol. The van der Waals surface area contributed by atoms with Gasteiger partial charge < -0.3 is 15.0 Å². The molecule has 6 rings (SSSR count). The summed E-state index contributed by atoms with van der Waals surface area (Å²) in [5, 5.41) is 12.4. The predicted molar refractivity (Wildman–Crippen MR) is 153 cm³/mol. The Hall–Kier alpha value is -3.52. The molecule has 210 valence electrons. The van der Waals surface area contributed by atoms with E-state index < -0.39 is 23.5 Å². The summed E-state index contributed by atoms with van der Waals surface area (Å²) in [7, 11) is 0. The zero-order chi connectivity index (χ0) is 27.6. The maximum absolute atomic E-state index is 14.0. The van der Waals surface area contributed by atoms with E-state index in [4.69, 9.17) is 0 Å². The topological polar surface area (TPSA) is 105 Å². The van der Waals surface area contributed by atoms with Crippen molar-refractivity contribution >= 4 is 22.9 Å². The van der Waals surface area contributed by atoms with Crippen molar-refractivity contribution in [3.05, 3.63) is 76.2 Å². The lowest BCUT2D eigenvalue weighted by Crippen LogP contribution is -2.50. The number of aromatic nitrogens is 2. The molecule has 4 atom stereocenters. The summed E-state index contributed by atoms with van der Waals surface area (Å²) in [6, 6.07) is 16.2. The first kappa shape index (κ1) is 26.7. The number of aliphatic carboxylic acids is 1. The van der Waals surface area contributed by atoms with E-state index in [9.17, 15) is 19.5 Å². The molecule has 0 spiro atoms. The Morgan fingerprint density at radius 2 is 1.43 bits per heavy atom. The normalized spacial score (nSPS) is 24.8. The first-order valence-electron chi connectivity index (χ1n) is 14.9. The summed E-state index contributed by atoms with van der Waals surface area (Å²) >= 11 is 0. The highest BCUT2D eigenvalue weighted by molar-refractivity contribution is 5.96. The number of carboxylic acid groups (broad SMARTS) is 1. The Bertz CT molecular complexity index is 1420. The molecule has 2 saturated heterocycles. The van der Waals surface area contributed by atoms with Gasteiger partial charge in [-0.3, -0.25) is 14.5 Å². The number of amides is 1. The van der Waals surface area contributed by atoms with Crippen molar-refractivity contribution in [3.63, 3.8) is 0 Å². The van der Waals surface area contributed by atoms with Crippen molar-refractivity contribution in [3.8, 4) is 0 Å². The van der Waals surface area contributed by atoms with Crippen LogP contribution in [0.2, 0.25) is 0 Å². The van der Waals surface area contributed by atoms with E-state index in [0.717, 1.165) is 31.2 Å². The highest BCUT2D eigenvalue weighted by Crippen LogP contribution is 2.44. The van der Waals surface area contributed by atoms with Crippen molar-refractivity contribution < 1.29 is 14.7 Å². The van der Waals surface area contributed by atoms with Gasteiger partial charge in [0.15, 0.2) is 11.7 Å². The number of nitrogens with zero attached hydrogens (tertiary/aromatic N) is 3. The van der Waals surface area contributed by atoms with Crippen LogP contribution in [0.15, 0.2) is 59.4 Å². The maximum atomic E-state index is 14.0. The van der Waals surface area contributed by atoms with Gasteiger partial charge in [0, 0.05) is 24.2 Å². The fourth-order valence-corrected chi connectivity index (χ4v) is 7.52. The van der Waals surface area contributed by atoms with Crippen LogP contribution in [0.3, 0.4) is 0 Å². The first-order valence-corrected chi connectivity index (χ1v) is 14.9. The minimum absolute atomic E-state index is 0.0290. The monoisotopic (exact) mass is 542 g/mol. The van der Waals surface area contributed by atoms with Gasteiger partial charge in [-0.25, -0.2) is 9.78 Å². The highest BCUT2D eigenvalue weighted by Gasteiger charge is 2.44. The number of benzene rings is 2. The lowest BCUT2D eigenvalue weighted by atomic mass is 9.89. The van der Waals surface area contributed by atoms with Gasteiger partial charge in [-0.2, -0.15) is 0 Å². The van der Waals surface area contributed by atoms with Gasteiger partial charge in [-0.05, 0) is 56.2 Å². The summed E-state index contributed by atoms with van der Waals surface area (Å²) in [5.74, 6) is -1.96. The third kappa shape index (κ3) is 5.17. The number of para-hydroxylation sites is 2. The number of fused-ring (bicyclic) bond motifs is 3. The van der Waals surface area contributed by atoms with Crippen LogP contribution in [-0.2, 0) is 4.79 Å². The van der Waals surface area contributed by atoms with Gasteiger partial charge in [0.05, 0.1) is 11.0 Å². The van der Waals surface area contributed by atoms with E-state index in [0.29, 0.717) is 29.2 Å². The van der Waals surface area contributed by atoms with E-state index in [2.05, 4.69) is 15.2 Å². The first-order chi connectivity index (χ1) is 19.5. The van der Waals surface area contributed by atoms with Crippen molar-refractivity contribution in [1.29, 1.82) is 0 Å². The molecule has 3 fully saturated rings. The number of carboxylic acids is 1. The summed E-state index contributed by atoms with van der Waals surface area (Å²) in [4.78, 5) is 46.7. The Morgan fingerprint density at radius 1 is 0.800 bits per heavy atom. The molecular formula is C32H38N4O4. The van der Waals surface area contributed by atoms with Crippen LogP contribution < -0.4 is 10.9 Å². The van der Waals surface area contributed by atoms with E-state index >= 15 is 0 Å². The predicted octanol–water partition coefficient (Wildman–Crippen LogP) is 5.23. The second-order valence-corrected chi connectivity index (χ2v) is 11.7. The molecule has 1 amide bonds. The Morgan fingerprint density at radius 3 is 2.10 bits per heavy atom. The fraction of sp³-hybridized carbons (Fsp3) is 0.500. The van der Waals surface area contributed by atoms with Crippen LogP contribution in [-0.4, -0.2) is 49.6 Å². The van der Waals surface area contributed by atoms with Crippen LogP contribution in [0, 0.1) is 0 Å². The molecule has 3 aliphatic rings. The minimum Gasteiger partial charge on any atom is -0.479 e. The zero-order valence-electron chi connectivity index (χ0n) is 22.9. The van der Waals surface area contributed by atoms with Crippen LogP contribution in [0.25, 0.3) is 11.0 Å². The lowest BCUT2D eigenvalue weighted by molar-refractivity contribution is -0.139. The lowest BCUT2D eigenvalue weighted by Gasteiger charge is -2.45. The molecule has 8 nitrogen and oxygen atoms in total. The SMILES string of the molecule is O=C(NC(C(=O)O)c1ccccc1)c1nc2ccccc2n(C2CC3CC[C@@H](C2)N3C2CCCCCCC2)c1=O. The molecule has 1 aliphatic carbocycles. The van der Waals surface area contributed by atoms with Crippen LogP contribution in [0.1, 0.15) is 98.8 Å². The van der Waals surface area contributed by atoms with Crippen molar-refractivity contribution in [1.82, 2.24) is 19.8 Å². The molecule has 3 aromatic rings. The molecule has 3 unspecified atom stereocenters. The van der Waals surface area contributed by atoms with Gasteiger partial charge >= 0.3 is 5.97 Å². The molecule has 2 N–H and O–H groups in total. The zero-order valence-corrected chi connectivity index (χ0v) is 22.9. The standard InChI is InChI=1S/C32H38N4O4/c37-30(34-28(32(39)40)21-11-5-4-6-12-21)29-31(38)36(27-16-10-9-15-26(27)33-29)25-19-23-17-18-24(20-25)35(23)22-13-7-2-1-3-8-14-22/h4-6,9-12,15-16,22-25,28H,1-3,7-8,13-14,17-20H2,(H,34,37)(H,39,40)/t23-,24?,25?,28?/m0/s1. The molecule has 1 saturated carbocycles. The fourth-order valence-electron chi connectivity index (χ4n) is 7.52. The van der Waals surface area contributed by atoms with Crippen LogP contribution >= 0.6 is 0 Å². The average Bonchev–Trinajstić information content (AvgIpc) is 3.20. The number of carbonyl (C=O) groups is 2. The smallest absolute Gasteiger partial charge is 0.330 e. The van der Waals surface area contributed by atoms with Gasteiger partial charge in [0.25, 0.3) is 11.5 Å². The Kier molecular flexibility index (Phi) is 7.69. The van der Waals surface area contributed by atoms with Crippen molar-refractivity contribution in [2.24, 2.45) is 0 Å². The van der Waals surface area contributed by atoms with Gasteiger partial charge in [0.1, 0.15) is 0 Å². The summed E-state index contributed by atoms with van der Waals surface area (Å²) in [6.45, 7) is 0. The number of carbonyl (C=O) groups excluding carboxylic acids is 1. The third-order valence-electron chi connectivity index (χ3n) is 9.29. The second-order valence-electron chi connectivity index (χ2n) is 11.7. The van der Waals surface area contributed by atoms with Gasteiger partial charge in [0.2, 0.25) is 0 Å². The summed E-state index contributed by atoms with van der Waals surface area (Å²) in [6.07, 6.45) is 13.2. The van der Waals surface area contributed by atoms with Gasteiger partial charge in [-0.15, -0.1) is 0 Å². The van der Waals surface area contributed by atoms with E-state index in [-0.39, 0.29) is 11.7 Å². The number of piperidine rings is 1. The molecule has 2 aromatic carbocycles. The van der Waals surface area contributed by atoms with Crippen molar-refractivity contribution in [2.45, 2.75) is 101 Å². The third-order valence-corrected chi connectivity index (χ3v) is 9.29. The molecule has 1 aromatic heterocycles. The molecule has 2 bridgehead atoms. The second kappa shape index (κ2) is 11.5. The number of hydrogen-bond acceptors (Lipinski definition) is 5. The minimum atomic E-state index is -1.28. The number of hydrogen-bond donors (Lipinski definition) is 2. The number of rotatable bonds is 6. The van der Waals surface area contributed by atoms with Crippen molar-refractivity contribution in [2.75, 3.05) is 0 Å². The van der Waals surface area contributed by atoms with Gasteiger partial charge in [-0.1, -0.05) is 74.6 Å². The molecule has 8 heteroatoms. The molecule has 2 aliphatic heterocycles. The number of nitrogens with one attached hydrogen (secondary N) is 1. The summed E-state index contributed by atoms with van der Waals surface area (Å²) < 4.78 is 1.79.